The predicted molar refractivity (Wildman–Crippen MR) is 72.9 cm³/mol. The van der Waals surface area contributed by atoms with E-state index in [0.717, 1.165) is 5.76 Å². The van der Waals surface area contributed by atoms with Gasteiger partial charge in [0.2, 0.25) is 0 Å². The van der Waals surface area contributed by atoms with Crippen LogP contribution in [0.5, 0.6) is 0 Å². The molecule has 1 rings (SSSR count). The number of likely N-dealkylation sites (N-methyl/N-ethyl adjacent to an activating group) is 2. The largest absolute Gasteiger partial charge is 0.468 e. The first-order chi connectivity index (χ1) is 9.10. The molecule has 6 heteroatoms. The van der Waals surface area contributed by atoms with E-state index < -0.39 is 0 Å². The first-order valence-electron chi connectivity index (χ1n) is 6.43. The standard InChI is InChI=1S/C13H23N3O3/c1-4-16(7-8-17)13(18)14-10-11(15(2)3)12-6-5-9-19-12/h5-6,9,11,17H,4,7-8,10H2,1-3H3,(H,14,18). The fraction of sp³-hybridized carbons (Fsp3) is 0.615. The van der Waals surface area contributed by atoms with Gasteiger partial charge in [0.25, 0.3) is 0 Å². The number of aliphatic hydroxyl groups excluding tert-OH is 1. The second-order valence-electron chi connectivity index (χ2n) is 4.48. The number of nitrogens with one attached hydrogen (secondary N) is 1. The Labute approximate surface area is 114 Å². The minimum absolute atomic E-state index is 0.00761. The Hall–Kier alpha value is -1.53. The lowest BCUT2D eigenvalue weighted by atomic mass is 10.2. The van der Waals surface area contributed by atoms with Gasteiger partial charge in [-0.2, -0.15) is 0 Å². The second kappa shape index (κ2) is 7.81. The van der Waals surface area contributed by atoms with Crippen molar-refractivity contribution in [3.63, 3.8) is 0 Å². The Kier molecular flexibility index (Phi) is 6.38. The van der Waals surface area contributed by atoms with Crippen molar-refractivity contribution in [1.82, 2.24) is 15.1 Å². The lowest BCUT2D eigenvalue weighted by molar-refractivity contribution is 0.174. The SMILES string of the molecule is CCN(CCO)C(=O)NCC(c1ccco1)N(C)C. The number of nitrogens with zero attached hydrogens (tertiary/aromatic N) is 2. The van der Waals surface area contributed by atoms with Crippen LogP contribution in [0.1, 0.15) is 18.7 Å². The summed E-state index contributed by atoms with van der Waals surface area (Å²) in [6.07, 6.45) is 1.62. The number of carbonyl (C=O) groups excluding carboxylic acids is 1. The van der Waals surface area contributed by atoms with Gasteiger partial charge in [-0.15, -0.1) is 0 Å². The van der Waals surface area contributed by atoms with E-state index in [1.165, 1.54) is 0 Å². The number of rotatable bonds is 7. The van der Waals surface area contributed by atoms with Crippen molar-refractivity contribution in [3.8, 4) is 0 Å². The third-order valence-corrected chi connectivity index (χ3v) is 2.98. The van der Waals surface area contributed by atoms with Crippen LogP contribution < -0.4 is 5.32 Å². The molecule has 1 unspecified atom stereocenters. The first-order valence-corrected chi connectivity index (χ1v) is 6.43. The van der Waals surface area contributed by atoms with Gasteiger partial charge in [0.1, 0.15) is 5.76 Å². The lowest BCUT2D eigenvalue weighted by Gasteiger charge is -2.25. The smallest absolute Gasteiger partial charge is 0.317 e. The number of aliphatic hydroxyl groups is 1. The van der Waals surface area contributed by atoms with E-state index in [2.05, 4.69) is 5.32 Å². The van der Waals surface area contributed by atoms with Crippen molar-refractivity contribution in [1.29, 1.82) is 0 Å². The maximum atomic E-state index is 11.9. The minimum Gasteiger partial charge on any atom is -0.468 e. The van der Waals surface area contributed by atoms with Crippen LogP contribution in [0.4, 0.5) is 4.79 Å². The van der Waals surface area contributed by atoms with Crippen molar-refractivity contribution < 1.29 is 14.3 Å². The fourth-order valence-electron chi connectivity index (χ4n) is 1.84. The molecule has 19 heavy (non-hydrogen) atoms. The molecule has 1 aromatic heterocycles. The van der Waals surface area contributed by atoms with Gasteiger partial charge in [-0.1, -0.05) is 0 Å². The molecular weight excluding hydrogens is 246 g/mol. The highest BCUT2D eigenvalue weighted by Gasteiger charge is 2.19. The Morgan fingerprint density at radius 1 is 1.53 bits per heavy atom. The molecule has 108 valence electrons. The highest BCUT2D eigenvalue weighted by molar-refractivity contribution is 5.74. The summed E-state index contributed by atoms with van der Waals surface area (Å²) in [5, 5.41) is 11.8. The number of carbonyl (C=O) groups is 1. The van der Waals surface area contributed by atoms with Crippen LogP contribution in [0.2, 0.25) is 0 Å². The molecule has 0 saturated heterocycles. The summed E-state index contributed by atoms with van der Waals surface area (Å²) < 4.78 is 5.38. The van der Waals surface area contributed by atoms with Gasteiger partial charge in [0.15, 0.2) is 0 Å². The van der Waals surface area contributed by atoms with Crippen molar-refractivity contribution in [2.24, 2.45) is 0 Å². The summed E-state index contributed by atoms with van der Waals surface area (Å²) in [5.74, 6) is 0.815. The normalized spacial score (nSPS) is 12.5. The van der Waals surface area contributed by atoms with Gasteiger partial charge in [0.05, 0.1) is 18.9 Å². The fourth-order valence-corrected chi connectivity index (χ4v) is 1.84. The van der Waals surface area contributed by atoms with E-state index in [1.807, 2.05) is 38.1 Å². The molecule has 0 aliphatic carbocycles. The van der Waals surface area contributed by atoms with Crippen LogP contribution in [-0.4, -0.2) is 61.3 Å². The minimum atomic E-state index is -0.171. The molecule has 1 aromatic rings. The van der Waals surface area contributed by atoms with Crippen LogP contribution in [-0.2, 0) is 0 Å². The number of hydrogen-bond acceptors (Lipinski definition) is 4. The maximum absolute atomic E-state index is 11.9. The molecule has 0 bridgehead atoms. The first kappa shape index (κ1) is 15.5. The zero-order chi connectivity index (χ0) is 14.3. The molecule has 2 N–H and O–H groups in total. The summed E-state index contributed by atoms with van der Waals surface area (Å²) in [4.78, 5) is 15.5. The summed E-state index contributed by atoms with van der Waals surface area (Å²) in [6, 6.07) is 3.54. The van der Waals surface area contributed by atoms with E-state index in [9.17, 15) is 4.79 Å². The summed E-state index contributed by atoms with van der Waals surface area (Å²) in [6.45, 7) is 3.22. The average molecular weight is 269 g/mol. The number of furan rings is 1. The Balaban J connectivity index is 2.55. The van der Waals surface area contributed by atoms with Gasteiger partial charge < -0.3 is 19.7 Å². The molecule has 6 nitrogen and oxygen atoms in total. The maximum Gasteiger partial charge on any atom is 0.317 e. The second-order valence-corrected chi connectivity index (χ2v) is 4.48. The molecular formula is C13H23N3O3. The number of amides is 2. The molecule has 0 fully saturated rings. The summed E-state index contributed by atoms with van der Waals surface area (Å²) >= 11 is 0. The van der Waals surface area contributed by atoms with E-state index in [-0.39, 0.29) is 18.7 Å². The topological polar surface area (TPSA) is 69.0 Å². The van der Waals surface area contributed by atoms with Crippen molar-refractivity contribution in [2.45, 2.75) is 13.0 Å². The predicted octanol–water partition coefficient (Wildman–Crippen LogP) is 0.906. The quantitative estimate of drug-likeness (QED) is 0.772. The third-order valence-electron chi connectivity index (χ3n) is 2.98. The van der Waals surface area contributed by atoms with Crippen LogP contribution in [0.3, 0.4) is 0 Å². The Bertz CT molecular complexity index is 365. The van der Waals surface area contributed by atoms with Gasteiger partial charge in [-0.25, -0.2) is 4.79 Å². The highest BCUT2D eigenvalue weighted by Crippen LogP contribution is 2.17. The average Bonchev–Trinajstić information content (AvgIpc) is 2.89. The molecule has 0 spiro atoms. The van der Waals surface area contributed by atoms with Crippen LogP contribution in [0, 0.1) is 0 Å². The third kappa shape index (κ3) is 4.57. The van der Waals surface area contributed by atoms with E-state index in [0.29, 0.717) is 19.6 Å². The molecule has 0 radical (unpaired) electrons. The molecule has 0 aromatic carbocycles. The lowest BCUT2D eigenvalue weighted by Crippen LogP contribution is -2.44. The molecule has 2 amide bonds. The van der Waals surface area contributed by atoms with Gasteiger partial charge >= 0.3 is 6.03 Å². The van der Waals surface area contributed by atoms with Gasteiger partial charge in [-0.05, 0) is 33.2 Å². The Morgan fingerprint density at radius 2 is 2.26 bits per heavy atom. The molecule has 0 aliphatic rings. The van der Waals surface area contributed by atoms with E-state index >= 15 is 0 Å². The van der Waals surface area contributed by atoms with E-state index in [4.69, 9.17) is 9.52 Å². The monoisotopic (exact) mass is 269 g/mol. The summed E-state index contributed by atoms with van der Waals surface area (Å²) in [7, 11) is 3.87. The van der Waals surface area contributed by atoms with E-state index in [1.54, 1.807) is 11.2 Å². The Morgan fingerprint density at radius 3 is 2.74 bits per heavy atom. The zero-order valence-electron chi connectivity index (χ0n) is 11.8. The molecule has 1 heterocycles. The van der Waals surface area contributed by atoms with Gasteiger partial charge in [-0.3, -0.25) is 4.90 Å². The molecule has 1 atom stereocenters. The summed E-state index contributed by atoms with van der Waals surface area (Å²) in [5.41, 5.74) is 0. The van der Waals surface area contributed by atoms with Gasteiger partial charge in [0, 0.05) is 19.6 Å². The molecule has 0 aliphatic heterocycles. The van der Waals surface area contributed by atoms with Crippen molar-refractivity contribution in [2.75, 3.05) is 40.3 Å². The van der Waals surface area contributed by atoms with Crippen molar-refractivity contribution >= 4 is 6.03 Å². The van der Waals surface area contributed by atoms with Crippen LogP contribution >= 0.6 is 0 Å². The van der Waals surface area contributed by atoms with Crippen molar-refractivity contribution in [3.05, 3.63) is 24.2 Å². The number of hydrogen-bond donors (Lipinski definition) is 2. The molecule has 0 saturated carbocycles. The zero-order valence-corrected chi connectivity index (χ0v) is 11.8. The van der Waals surface area contributed by atoms with Crippen LogP contribution in [0.15, 0.2) is 22.8 Å². The van der Waals surface area contributed by atoms with Crippen LogP contribution in [0.25, 0.3) is 0 Å². The highest BCUT2D eigenvalue weighted by atomic mass is 16.3. The number of urea groups is 1.